The third-order valence-electron chi connectivity index (χ3n) is 6.19. The van der Waals surface area contributed by atoms with Crippen molar-refractivity contribution in [1.29, 1.82) is 0 Å². The van der Waals surface area contributed by atoms with E-state index in [1.165, 1.54) is 0 Å². The Labute approximate surface area is 219 Å². The van der Waals surface area contributed by atoms with E-state index in [0.717, 1.165) is 48.5 Å². The quantitative estimate of drug-likeness (QED) is 0.382. The summed E-state index contributed by atoms with van der Waals surface area (Å²) in [5, 5.41) is 19.5. The number of hydrogen-bond acceptors (Lipinski definition) is 8. The molecule has 11 heteroatoms. The number of rotatable bonds is 5. The van der Waals surface area contributed by atoms with Crippen molar-refractivity contribution in [1.82, 2.24) is 20.1 Å². The Balaban J connectivity index is 0.00000102. The molecule has 1 saturated heterocycles. The molecule has 2 N–H and O–H groups in total. The van der Waals surface area contributed by atoms with Crippen molar-refractivity contribution < 1.29 is 24.2 Å². The number of aromatic nitrogens is 3. The van der Waals surface area contributed by atoms with Gasteiger partial charge in [-0.1, -0.05) is 23.7 Å². The first-order valence-electron chi connectivity index (χ1n) is 11.9. The van der Waals surface area contributed by atoms with Crippen LogP contribution in [0.25, 0.3) is 5.69 Å². The number of nitrogens with zero attached hydrogens (tertiary/aromatic N) is 4. The van der Waals surface area contributed by atoms with Crippen LogP contribution >= 0.6 is 11.6 Å². The highest BCUT2D eigenvalue weighted by Crippen LogP contribution is 2.34. The summed E-state index contributed by atoms with van der Waals surface area (Å²) >= 11 is 6.15. The molecule has 0 bridgehead atoms. The van der Waals surface area contributed by atoms with E-state index in [1.807, 2.05) is 54.0 Å². The number of methoxy groups -OCH3 is 1. The van der Waals surface area contributed by atoms with Crippen molar-refractivity contribution in [3.8, 4) is 11.4 Å². The van der Waals surface area contributed by atoms with Crippen LogP contribution in [0.1, 0.15) is 48.1 Å². The molecule has 0 spiro atoms. The smallest absolute Gasteiger partial charge is 0.308 e. The van der Waals surface area contributed by atoms with E-state index < -0.39 is 6.04 Å². The maximum absolute atomic E-state index is 13.0. The fourth-order valence-corrected chi connectivity index (χ4v) is 4.61. The van der Waals surface area contributed by atoms with Gasteiger partial charge in [-0.05, 0) is 63.2 Å². The first-order valence-corrected chi connectivity index (χ1v) is 12.3. The lowest BCUT2D eigenvalue weighted by atomic mass is 10.00. The van der Waals surface area contributed by atoms with Crippen LogP contribution in [0, 0.1) is 6.92 Å². The zero-order valence-corrected chi connectivity index (χ0v) is 21.3. The number of carboxylic acid groups (broad SMARTS) is 1. The molecule has 1 fully saturated rings. The van der Waals surface area contributed by atoms with Crippen LogP contribution in [0.2, 0.25) is 5.02 Å². The first kappa shape index (κ1) is 26.3. The van der Waals surface area contributed by atoms with E-state index in [9.17, 15) is 4.79 Å². The standard InChI is InChI=1S/C25H26ClN5O3.CH2O2/c1-15-29-30-25-21(14-23(32)34-18-9-11-27-12-10-18)28-24(16-3-5-17(26)6-4-16)20-13-19(33-2)7-8-22(20)31(15)25;2-1-3/h3-8,13,18,21,27H,9-12,14H2,1-2H3;1H,(H,2,3)/t21-;/m0./s1. The Morgan fingerprint density at radius 1 is 1.19 bits per heavy atom. The van der Waals surface area contributed by atoms with Gasteiger partial charge < -0.3 is 19.9 Å². The number of fused-ring (bicyclic) bond motifs is 3. The number of aliphatic imine (C=N–C) groups is 1. The van der Waals surface area contributed by atoms with Gasteiger partial charge >= 0.3 is 5.97 Å². The maximum atomic E-state index is 13.0. The second-order valence-electron chi connectivity index (χ2n) is 8.57. The number of carbonyl (C=O) groups excluding carboxylic acids is 1. The van der Waals surface area contributed by atoms with Crippen LogP contribution in [-0.2, 0) is 14.3 Å². The Kier molecular flexibility index (Phi) is 8.52. The molecule has 2 aliphatic rings. The third kappa shape index (κ3) is 5.98. The van der Waals surface area contributed by atoms with Crippen LogP contribution < -0.4 is 10.1 Å². The van der Waals surface area contributed by atoms with Gasteiger partial charge in [0, 0.05) is 16.1 Å². The lowest BCUT2D eigenvalue weighted by Gasteiger charge is -2.23. The molecule has 3 heterocycles. The summed E-state index contributed by atoms with van der Waals surface area (Å²) in [4.78, 5) is 26.4. The van der Waals surface area contributed by atoms with Crippen molar-refractivity contribution in [3.05, 3.63) is 70.3 Å². The predicted molar refractivity (Wildman–Crippen MR) is 138 cm³/mol. The number of ether oxygens (including phenoxy) is 2. The van der Waals surface area contributed by atoms with Gasteiger partial charge in [-0.15, -0.1) is 10.2 Å². The molecule has 0 radical (unpaired) electrons. The summed E-state index contributed by atoms with van der Waals surface area (Å²) in [6.07, 6.45) is 1.64. The van der Waals surface area contributed by atoms with Crippen molar-refractivity contribution in [2.45, 2.75) is 38.3 Å². The minimum absolute atomic E-state index is 0.0692. The summed E-state index contributed by atoms with van der Waals surface area (Å²) in [5.74, 6) is 1.74. The van der Waals surface area contributed by atoms with Gasteiger partial charge in [-0.2, -0.15) is 0 Å². The molecule has 3 aromatic rings. The molecule has 0 unspecified atom stereocenters. The molecular weight excluding hydrogens is 498 g/mol. The third-order valence-corrected chi connectivity index (χ3v) is 6.45. The highest BCUT2D eigenvalue weighted by atomic mass is 35.5. The lowest BCUT2D eigenvalue weighted by molar-refractivity contribution is -0.150. The number of nitrogens with one attached hydrogen (secondary N) is 1. The molecule has 37 heavy (non-hydrogen) atoms. The average Bonchev–Trinajstić information content (AvgIpc) is 3.22. The number of carbonyl (C=O) groups is 2. The van der Waals surface area contributed by atoms with E-state index in [0.29, 0.717) is 22.4 Å². The van der Waals surface area contributed by atoms with Gasteiger partial charge in [0.1, 0.15) is 23.7 Å². The summed E-state index contributed by atoms with van der Waals surface area (Å²) in [5.41, 5.74) is 3.35. The van der Waals surface area contributed by atoms with Gasteiger partial charge in [0.15, 0.2) is 5.82 Å². The molecule has 0 saturated carbocycles. The second kappa shape index (κ2) is 12.0. The monoisotopic (exact) mass is 525 g/mol. The molecule has 10 nitrogen and oxygen atoms in total. The fourth-order valence-electron chi connectivity index (χ4n) is 4.48. The fraction of sp³-hybridized carbons (Fsp3) is 0.346. The Bertz CT molecular complexity index is 1290. The van der Waals surface area contributed by atoms with Crippen LogP contribution in [0.3, 0.4) is 0 Å². The van der Waals surface area contributed by atoms with Crippen LogP contribution in [0.4, 0.5) is 0 Å². The van der Waals surface area contributed by atoms with E-state index >= 15 is 0 Å². The number of esters is 1. The molecule has 0 aliphatic carbocycles. The number of hydrogen-bond donors (Lipinski definition) is 2. The Morgan fingerprint density at radius 3 is 2.57 bits per heavy atom. The molecule has 194 valence electrons. The predicted octanol–water partition coefficient (Wildman–Crippen LogP) is 3.52. The van der Waals surface area contributed by atoms with Crippen LogP contribution in [0.15, 0.2) is 47.5 Å². The highest BCUT2D eigenvalue weighted by Gasteiger charge is 2.31. The van der Waals surface area contributed by atoms with E-state index in [2.05, 4.69) is 15.5 Å². The van der Waals surface area contributed by atoms with E-state index in [-0.39, 0.29) is 25.0 Å². The summed E-state index contributed by atoms with van der Waals surface area (Å²) in [6, 6.07) is 12.8. The van der Waals surface area contributed by atoms with Crippen molar-refractivity contribution >= 4 is 29.8 Å². The zero-order valence-electron chi connectivity index (χ0n) is 20.6. The normalized spacial score (nSPS) is 16.7. The topological polar surface area (TPSA) is 128 Å². The number of piperidine rings is 1. The van der Waals surface area contributed by atoms with Gasteiger partial charge in [0.25, 0.3) is 6.47 Å². The number of aryl methyl sites for hydroxylation is 1. The molecule has 1 atom stereocenters. The second-order valence-corrected chi connectivity index (χ2v) is 9.01. The minimum atomic E-state index is -0.556. The Morgan fingerprint density at radius 2 is 1.89 bits per heavy atom. The largest absolute Gasteiger partial charge is 0.497 e. The van der Waals surface area contributed by atoms with Crippen molar-refractivity contribution in [3.63, 3.8) is 0 Å². The molecular formula is C26H28ClN5O5. The van der Waals surface area contributed by atoms with Gasteiger partial charge in [-0.3, -0.25) is 19.1 Å². The van der Waals surface area contributed by atoms with Gasteiger partial charge in [-0.25, -0.2) is 0 Å². The Hall–Kier alpha value is -3.76. The SMILES string of the molecule is COc1ccc2c(c1)C(c1ccc(Cl)cc1)=N[C@@H](CC(=O)OC1CCNCC1)c1nnc(C)n1-2.O=CO. The number of halogens is 1. The molecule has 0 amide bonds. The zero-order chi connectivity index (χ0) is 26.4. The lowest BCUT2D eigenvalue weighted by Crippen LogP contribution is -2.34. The van der Waals surface area contributed by atoms with Crippen LogP contribution in [0.5, 0.6) is 5.75 Å². The van der Waals surface area contributed by atoms with E-state index in [4.69, 9.17) is 36.0 Å². The summed E-state index contributed by atoms with van der Waals surface area (Å²) in [6.45, 7) is 3.35. The van der Waals surface area contributed by atoms with Crippen LogP contribution in [-0.4, -0.2) is 64.3 Å². The molecule has 2 aromatic carbocycles. The van der Waals surface area contributed by atoms with E-state index in [1.54, 1.807) is 7.11 Å². The van der Waals surface area contributed by atoms with Crippen molar-refractivity contribution in [2.24, 2.45) is 4.99 Å². The number of benzene rings is 2. The highest BCUT2D eigenvalue weighted by molar-refractivity contribution is 6.30. The first-order chi connectivity index (χ1) is 17.9. The molecule has 1 aromatic heterocycles. The van der Waals surface area contributed by atoms with Crippen molar-refractivity contribution in [2.75, 3.05) is 20.2 Å². The molecule has 2 aliphatic heterocycles. The van der Waals surface area contributed by atoms with Gasteiger partial charge in [0.05, 0.1) is 24.9 Å². The summed E-state index contributed by atoms with van der Waals surface area (Å²) < 4.78 is 13.3. The molecule has 5 rings (SSSR count). The minimum Gasteiger partial charge on any atom is -0.497 e. The average molecular weight is 526 g/mol. The maximum Gasteiger partial charge on any atom is 0.308 e. The van der Waals surface area contributed by atoms with Gasteiger partial charge in [0.2, 0.25) is 0 Å². The summed E-state index contributed by atoms with van der Waals surface area (Å²) in [7, 11) is 1.63.